The quantitative estimate of drug-likeness (QED) is 0.380. The average molecular weight is 364 g/mol. The number of rotatable bonds is 5. The summed E-state index contributed by atoms with van der Waals surface area (Å²) in [6, 6.07) is 15.5. The van der Waals surface area contributed by atoms with Crippen LogP contribution in [0.3, 0.4) is 0 Å². The first-order chi connectivity index (χ1) is 12.7. The lowest BCUT2D eigenvalue weighted by Gasteiger charge is -2.08. The van der Waals surface area contributed by atoms with Gasteiger partial charge in [-0.1, -0.05) is 30.0 Å². The van der Waals surface area contributed by atoms with Crippen molar-refractivity contribution in [2.24, 2.45) is 0 Å². The minimum absolute atomic E-state index is 0.0344. The number of fused-ring (bicyclic) bond motifs is 1. The molecular weight excluding hydrogens is 348 g/mol. The zero-order valence-corrected chi connectivity index (χ0v) is 15.1. The van der Waals surface area contributed by atoms with Gasteiger partial charge < -0.3 is 9.15 Å². The SMILES string of the molecule is COc1ccc(-c2nnc([C@H](C)Sc3ncnc4ccccc34)o2)cc1. The van der Waals surface area contributed by atoms with Crippen molar-refractivity contribution < 1.29 is 9.15 Å². The van der Waals surface area contributed by atoms with Gasteiger partial charge in [-0.25, -0.2) is 9.97 Å². The van der Waals surface area contributed by atoms with E-state index in [1.165, 1.54) is 0 Å². The van der Waals surface area contributed by atoms with Gasteiger partial charge in [0.1, 0.15) is 17.1 Å². The predicted molar refractivity (Wildman–Crippen MR) is 100 cm³/mol. The second-order valence-electron chi connectivity index (χ2n) is 5.63. The Bertz CT molecular complexity index is 1030. The van der Waals surface area contributed by atoms with E-state index < -0.39 is 0 Å². The largest absolute Gasteiger partial charge is 0.497 e. The third-order valence-electron chi connectivity index (χ3n) is 3.92. The van der Waals surface area contributed by atoms with Crippen molar-refractivity contribution >= 4 is 22.7 Å². The molecule has 2 heterocycles. The molecule has 2 aromatic heterocycles. The van der Waals surface area contributed by atoms with Crippen LogP contribution in [0.1, 0.15) is 18.1 Å². The minimum Gasteiger partial charge on any atom is -0.497 e. The normalized spacial score (nSPS) is 12.2. The molecule has 6 nitrogen and oxygen atoms in total. The molecule has 0 fully saturated rings. The molecule has 0 unspecified atom stereocenters. The number of ether oxygens (including phenoxy) is 1. The molecule has 0 aliphatic rings. The van der Waals surface area contributed by atoms with Crippen LogP contribution in [-0.4, -0.2) is 27.3 Å². The molecule has 0 saturated heterocycles. The highest BCUT2D eigenvalue weighted by Crippen LogP contribution is 2.36. The Morgan fingerprint density at radius 1 is 1.00 bits per heavy atom. The highest BCUT2D eigenvalue weighted by atomic mass is 32.2. The number of hydrogen-bond acceptors (Lipinski definition) is 7. The maximum Gasteiger partial charge on any atom is 0.247 e. The van der Waals surface area contributed by atoms with E-state index in [2.05, 4.69) is 20.2 Å². The van der Waals surface area contributed by atoms with E-state index in [0.29, 0.717) is 11.8 Å². The molecule has 2 aromatic carbocycles. The molecule has 7 heteroatoms. The van der Waals surface area contributed by atoms with Crippen LogP contribution >= 0.6 is 11.8 Å². The van der Waals surface area contributed by atoms with E-state index in [0.717, 1.165) is 27.2 Å². The monoisotopic (exact) mass is 364 g/mol. The van der Waals surface area contributed by atoms with Crippen LogP contribution in [0, 0.1) is 0 Å². The van der Waals surface area contributed by atoms with E-state index in [4.69, 9.17) is 9.15 Å². The lowest BCUT2D eigenvalue weighted by atomic mass is 10.2. The second kappa shape index (κ2) is 7.13. The molecule has 0 spiro atoms. The summed E-state index contributed by atoms with van der Waals surface area (Å²) < 4.78 is 11.0. The third-order valence-corrected chi connectivity index (χ3v) is 5.02. The lowest BCUT2D eigenvalue weighted by molar-refractivity contribution is 0.415. The smallest absolute Gasteiger partial charge is 0.247 e. The van der Waals surface area contributed by atoms with Gasteiger partial charge in [0.15, 0.2) is 0 Å². The number of hydrogen-bond donors (Lipinski definition) is 0. The molecule has 130 valence electrons. The van der Waals surface area contributed by atoms with Crippen LogP contribution in [0.15, 0.2) is 64.3 Å². The summed E-state index contributed by atoms with van der Waals surface area (Å²) in [7, 11) is 1.63. The first-order valence-electron chi connectivity index (χ1n) is 8.09. The maximum atomic E-state index is 5.86. The van der Waals surface area contributed by atoms with Gasteiger partial charge in [0.25, 0.3) is 0 Å². The molecule has 0 amide bonds. The van der Waals surface area contributed by atoms with Crippen molar-refractivity contribution in [3.63, 3.8) is 0 Å². The van der Waals surface area contributed by atoms with Crippen LogP contribution in [-0.2, 0) is 0 Å². The lowest BCUT2D eigenvalue weighted by Crippen LogP contribution is -1.92. The van der Waals surface area contributed by atoms with Gasteiger partial charge in [-0.15, -0.1) is 10.2 Å². The number of thioether (sulfide) groups is 1. The Labute approximate surface area is 154 Å². The van der Waals surface area contributed by atoms with Crippen LogP contribution in [0.5, 0.6) is 5.75 Å². The Morgan fingerprint density at radius 2 is 1.81 bits per heavy atom. The first kappa shape index (κ1) is 16.5. The summed E-state index contributed by atoms with van der Waals surface area (Å²) in [5, 5.41) is 10.2. The van der Waals surface area contributed by atoms with Crippen molar-refractivity contribution in [1.82, 2.24) is 20.2 Å². The molecule has 0 aliphatic carbocycles. The number of aromatic nitrogens is 4. The Kier molecular flexibility index (Phi) is 4.53. The number of nitrogens with zero attached hydrogens (tertiary/aromatic N) is 4. The Morgan fingerprint density at radius 3 is 2.62 bits per heavy atom. The fourth-order valence-corrected chi connectivity index (χ4v) is 3.48. The standard InChI is InChI=1S/C19H16N4O2S/c1-12(26-19-15-5-3-4-6-16(15)20-11-21-19)17-22-23-18(25-17)13-7-9-14(24-2)10-8-13/h3-12H,1-2H3/t12-/m0/s1. The highest BCUT2D eigenvalue weighted by molar-refractivity contribution is 7.99. The van der Waals surface area contributed by atoms with Crippen molar-refractivity contribution in [2.45, 2.75) is 17.2 Å². The van der Waals surface area contributed by atoms with E-state index in [1.54, 1.807) is 25.2 Å². The van der Waals surface area contributed by atoms with Gasteiger partial charge in [0.2, 0.25) is 11.8 Å². The van der Waals surface area contributed by atoms with Crippen molar-refractivity contribution in [1.29, 1.82) is 0 Å². The maximum absolute atomic E-state index is 5.86. The molecule has 0 aliphatic heterocycles. The van der Waals surface area contributed by atoms with Gasteiger partial charge in [0.05, 0.1) is 17.9 Å². The molecule has 0 saturated carbocycles. The van der Waals surface area contributed by atoms with Crippen LogP contribution in [0.2, 0.25) is 0 Å². The molecule has 0 radical (unpaired) electrons. The molecule has 0 N–H and O–H groups in total. The molecule has 0 bridgehead atoms. The van der Waals surface area contributed by atoms with Crippen LogP contribution in [0.25, 0.3) is 22.4 Å². The predicted octanol–water partition coefficient (Wildman–Crippen LogP) is 4.54. The number of benzene rings is 2. The second-order valence-corrected chi connectivity index (χ2v) is 6.96. The number of methoxy groups -OCH3 is 1. The zero-order valence-electron chi connectivity index (χ0n) is 14.3. The highest BCUT2D eigenvalue weighted by Gasteiger charge is 2.18. The average Bonchev–Trinajstić information content (AvgIpc) is 3.19. The van der Waals surface area contributed by atoms with E-state index >= 15 is 0 Å². The summed E-state index contributed by atoms with van der Waals surface area (Å²) in [4.78, 5) is 8.70. The Hall–Kier alpha value is -2.93. The van der Waals surface area contributed by atoms with Gasteiger partial charge in [-0.2, -0.15) is 0 Å². The van der Waals surface area contributed by atoms with Crippen LogP contribution < -0.4 is 4.74 Å². The molecule has 26 heavy (non-hydrogen) atoms. The van der Waals surface area contributed by atoms with Crippen molar-refractivity contribution in [3.05, 3.63) is 60.7 Å². The third kappa shape index (κ3) is 3.25. The van der Waals surface area contributed by atoms with E-state index in [-0.39, 0.29) is 5.25 Å². The van der Waals surface area contributed by atoms with Gasteiger partial charge in [-0.3, -0.25) is 0 Å². The topological polar surface area (TPSA) is 73.9 Å². The van der Waals surface area contributed by atoms with E-state index in [9.17, 15) is 0 Å². The van der Waals surface area contributed by atoms with Crippen LogP contribution in [0.4, 0.5) is 0 Å². The Balaban J connectivity index is 1.57. The molecule has 4 aromatic rings. The summed E-state index contributed by atoms with van der Waals surface area (Å²) in [5.74, 6) is 1.83. The fourth-order valence-electron chi connectivity index (χ4n) is 2.54. The minimum atomic E-state index is -0.0344. The molecule has 1 atom stereocenters. The number of para-hydroxylation sites is 1. The van der Waals surface area contributed by atoms with Crippen molar-refractivity contribution in [2.75, 3.05) is 7.11 Å². The van der Waals surface area contributed by atoms with Crippen molar-refractivity contribution in [3.8, 4) is 17.2 Å². The summed E-state index contributed by atoms with van der Waals surface area (Å²) >= 11 is 1.57. The molecule has 4 rings (SSSR count). The summed E-state index contributed by atoms with van der Waals surface area (Å²) in [6.45, 7) is 2.02. The van der Waals surface area contributed by atoms with Gasteiger partial charge in [-0.05, 0) is 37.3 Å². The zero-order chi connectivity index (χ0) is 17.9. The van der Waals surface area contributed by atoms with Gasteiger partial charge >= 0.3 is 0 Å². The summed E-state index contributed by atoms with van der Waals surface area (Å²) in [6.07, 6.45) is 1.58. The fraction of sp³-hybridized carbons (Fsp3) is 0.158. The first-order valence-corrected chi connectivity index (χ1v) is 8.97. The molecular formula is C19H16N4O2S. The summed E-state index contributed by atoms with van der Waals surface area (Å²) in [5.41, 5.74) is 1.77. The van der Waals surface area contributed by atoms with E-state index in [1.807, 2.05) is 55.5 Å². The van der Waals surface area contributed by atoms with Gasteiger partial charge in [0, 0.05) is 10.9 Å².